The van der Waals surface area contributed by atoms with Gasteiger partial charge in [0.15, 0.2) is 0 Å². The summed E-state index contributed by atoms with van der Waals surface area (Å²) in [5.41, 5.74) is 0. The molecule has 0 aromatic rings. The zero-order valence-corrected chi connectivity index (χ0v) is 9.33. The van der Waals surface area contributed by atoms with Crippen molar-refractivity contribution in [3.05, 3.63) is 12.7 Å². The van der Waals surface area contributed by atoms with Crippen LogP contribution in [-0.4, -0.2) is 0 Å². The maximum absolute atomic E-state index is 3.76. The second-order valence-corrected chi connectivity index (χ2v) is 2.97. The largest absolute Gasteiger partial charge is 0.344 e. The van der Waals surface area contributed by atoms with Crippen molar-refractivity contribution in [2.24, 2.45) is 5.92 Å². The lowest BCUT2D eigenvalue weighted by Crippen LogP contribution is -1.97. The molecule has 0 atom stereocenters. The van der Waals surface area contributed by atoms with Crippen LogP contribution in [0.4, 0.5) is 0 Å². The van der Waals surface area contributed by atoms with Crippen molar-refractivity contribution < 1.29 is 0 Å². The zero-order chi connectivity index (χ0) is 7.82. The summed E-state index contributed by atoms with van der Waals surface area (Å²) in [4.78, 5) is 0. The number of rotatable bonds is 6. The highest BCUT2D eigenvalue weighted by atomic mass is 35.5. The van der Waals surface area contributed by atoms with Crippen molar-refractivity contribution in [3.63, 3.8) is 0 Å². The molecular formula is C10H24ClN. The Morgan fingerprint density at radius 3 is 1.83 bits per heavy atom. The molecule has 0 aliphatic heterocycles. The number of hydrogen-bond acceptors (Lipinski definition) is 1. The first-order chi connectivity index (χ1) is 4.85. The summed E-state index contributed by atoms with van der Waals surface area (Å²) in [7, 11) is 0. The maximum atomic E-state index is 3.76. The first kappa shape index (κ1) is 17.9. The van der Waals surface area contributed by atoms with Gasteiger partial charge in [-0.2, -0.15) is 0 Å². The lowest BCUT2D eigenvalue weighted by Gasteiger charge is -2.11. The number of allylic oxidation sites excluding steroid dienone is 1. The summed E-state index contributed by atoms with van der Waals surface area (Å²) in [5, 5.41) is 0. The average molecular weight is 194 g/mol. The minimum absolute atomic E-state index is 0. The second kappa shape index (κ2) is 13.6. The summed E-state index contributed by atoms with van der Waals surface area (Å²) in [6.07, 6.45) is 8.65. The second-order valence-electron chi connectivity index (χ2n) is 2.97. The standard InChI is InChI=1S/C10H20.ClH.H3N/c1-4-7-10(8-5-2)9-6-3;;/h4,10H,1,5-9H2,2-3H3;1H;1H3. The highest BCUT2D eigenvalue weighted by Crippen LogP contribution is 2.17. The Morgan fingerprint density at radius 2 is 1.58 bits per heavy atom. The minimum atomic E-state index is 0. The quantitative estimate of drug-likeness (QED) is 0.625. The fraction of sp³-hybridized carbons (Fsp3) is 0.800. The minimum Gasteiger partial charge on any atom is -0.344 e. The molecule has 1 nitrogen and oxygen atoms in total. The molecule has 0 heterocycles. The SMILES string of the molecule is C=CCC(CCC)CCC.Cl.N. The van der Waals surface area contributed by atoms with Crippen molar-refractivity contribution in [2.45, 2.75) is 46.0 Å². The van der Waals surface area contributed by atoms with E-state index in [1.165, 1.54) is 32.1 Å². The van der Waals surface area contributed by atoms with Crippen LogP contribution in [0.25, 0.3) is 0 Å². The molecule has 2 heteroatoms. The summed E-state index contributed by atoms with van der Waals surface area (Å²) in [5.74, 6) is 0.910. The third kappa shape index (κ3) is 9.99. The van der Waals surface area contributed by atoms with Crippen LogP contribution in [0.5, 0.6) is 0 Å². The molecule has 0 saturated heterocycles. The molecule has 12 heavy (non-hydrogen) atoms. The van der Waals surface area contributed by atoms with E-state index in [0.717, 1.165) is 5.92 Å². The van der Waals surface area contributed by atoms with E-state index in [9.17, 15) is 0 Å². The normalized spacial score (nSPS) is 8.58. The van der Waals surface area contributed by atoms with E-state index < -0.39 is 0 Å². The zero-order valence-electron chi connectivity index (χ0n) is 8.51. The van der Waals surface area contributed by atoms with Gasteiger partial charge in [0.2, 0.25) is 0 Å². The lowest BCUT2D eigenvalue weighted by molar-refractivity contribution is 0.445. The predicted octanol–water partition coefficient (Wildman–Crippen LogP) is 4.36. The molecule has 3 N–H and O–H groups in total. The van der Waals surface area contributed by atoms with Crippen LogP contribution in [-0.2, 0) is 0 Å². The topological polar surface area (TPSA) is 35.0 Å². The molecule has 0 radical (unpaired) electrons. The van der Waals surface area contributed by atoms with E-state index in [0.29, 0.717) is 0 Å². The van der Waals surface area contributed by atoms with Crippen LogP contribution >= 0.6 is 12.4 Å². The Morgan fingerprint density at radius 1 is 1.17 bits per heavy atom. The molecule has 0 amide bonds. The van der Waals surface area contributed by atoms with E-state index in [-0.39, 0.29) is 18.6 Å². The molecule has 0 spiro atoms. The summed E-state index contributed by atoms with van der Waals surface area (Å²) < 4.78 is 0. The van der Waals surface area contributed by atoms with Crippen LogP contribution < -0.4 is 6.15 Å². The Hall–Kier alpha value is -0.0100. The Kier molecular flexibility index (Phi) is 20.3. The number of hydrogen-bond donors (Lipinski definition) is 1. The monoisotopic (exact) mass is 193 g/mol. The van der Waals surface area contributed by atoms with Crippen molar-refractivity contribution >= 4 is 12.4 Å². The molecular weight excluding hydrogens is 170 g/mol. The van der Waals surface area contributed by atoms with E-state index >= 15 is 0 Å². The highest BCUT2D eigenvalue weighted by Gasteiger charge is 2.02. The van der Waals surface area contributed by atoms with E-state index in [4.69, 9.17) is 0 Å². The molecule has 0 aliphatic rings. The van der Waals surface area contributed by atoms with Gasteiger partial charge in [-0.05, 0) is 12.3 Å². The molecule has 0 saturated carbocycles. The Balaban J connectivity index is -0.000000405. The van der Waals surface area contributed by atoms with E-state index in [1.54, 1.807) is 0 Å². The smallest absolute Gasteiger partial charge is 0.0325 e. The van der Waals surface area contributed by atoms with Gasteiger partial charge in [0, 0.05) is 0 Å². The maximum Gasteiger partial charge on any atom is -0.0325 e. The summed E-state index contributed by atoms with van der Waals surface area (Å²) in [6.45, 7) is 8.28. The van der Waals surface area contributed by atoms with Crippen molar-refractivity contribution in [1.29, 1.82) is 0 Å². The van der Waals surface area contributed by atoms with Gasteiger partial charge in [-0.3, -0.25) is 0 Å². The average Bonchev–Trinajstić information content (AvgIpc) is 1.90. The van der Waals surface area contributed by atoms with Crippen LogP contribution in [0.15, 0.2) is 12.7 Å². The van der Waals surface area contributed by atoms with Gasteiger partial charge in [0.25, 0.3) is 0 Å². The molecule has 0 fully saturated rings. The molecule has 0 aromatic carbocycles. The highest BCUT2D eigenvalue weighted by molar-refractivity contribution is 5.85. The molecule has 76 valence electrons. The molecule has 0 bridgehead atoms. The van der Waals surface area contributed by atoms with Crippen LogP contribution in [0, 0.1) is 5.92 Å². The Labute approximate surface area is 83.6 Å². The van der Waals surface area contributed by atoms with Crippen molar-refractivity contribution in [1.82, 2.24) is 6.15 Å². The molecule has 0 rings (SSSR count). The van der Waals surface area contributed by atoms with Gasteiger partial charge in [-0.1, -0.05) is 45.6 Å². The first-order valence-corrected chi connectivity index (χ1v) is 4.46. The van der Waals surface area contributed by atoms with Gasteiger partial charge in [-0.15, -0.1) is 19.0 Å². The predicted molar refractivity (Wildman–Crippen MR) is 60.4 cm³/mol. The summed E-state index contributed by atoms with van der Waals surface area (Å²) >= 11 is 0. The van der Waals surface area contributed by atoms with Crippen molar-refractivity contribution in [3.8, 4) is 0 Å². The fourth-order valence-electron chi connectivity index (χ4n) is 1.43. The fourth-order valence-corrected chi connectivity index (χ4v) is 1.43. The molecule has 0 aromatic heterocycles. The van der Waals surface area contributed by atoms with Crippen LogP contribution in [0.1, 0.15) is 46.0 Å². The Bertz CT molecular complexity index is 77.9. The van der Waals surface area contributed by atoms with Crippen LogP contribution in [0.2, 0.25) is 0 Å². The van der Waals surface area contributed by atoms with E-state index in [1.807, 2.05) is 0 Å². The third-order valence-electron chi connectivity index (χ3n) is 1.89. The molecule has 0 aliphatic carbocycles. The van der Waals surface area contributed by atoms with Gasteiger partial charge in [-0.25, -0.2) is 0 Å². The van der Waals surface area contributed by atoms with Crippen LogP contribution in [0.3, 0.4) is 0 Å². The third-order valence-corrected chi connectivity index (χ3v) is 1.89. The number of halogens is 1. The first-order valence-electron chi connectivity index (χ1n) is 4.46. The van der Waals surface area contributed by atoms with Crippen molar-refractivity contribution in [2.75, 3.05) is 0 Å². The van der Waals surface area contributed by atoms with E-state index in [2.05, 4.69) is 26.5 Å². The summed E-state index contributed by atoms with van der Waals surface area (Å²) in [6, 6.07) is 0. The molecule has 0 unspecified atom stereocenters. The van der Waals surface area contributed by atoms with Gasteiger partial charge in [0.05, 0.1) is 0 Å². The van der Waals surface area contributed by atoms with Gasteiger partial charge in [0.1, 0.15) is 0 Å². The van der Waals surface area contributed by atoms with Gasteiger partial charge >= 0.3 is 0 Å². The lowest BCUT2D eigenvalue weighted by atomic mass is 9.95. The van der Waals surface area contributed by atoms with Gasteiger partial charge < -0.3 is 6.15 Å².